The molecule has 0 fully saturated rings. The lowest BCUT2D eigenvalue weighted by atomic mass is 10.0. The van der Waals surface area contributed by atoms with Crippen LogP contribution in [-0.2, 0) is 9.53 Å². The van der Waals surface area contributed by atoms with Gasteiger partial charge in [-0.05, 0) is 50.1 Å². The van der Waals surface area contributed by atoms with Gasteiger partial charge in [0, 0.05) is 10.9 Å². The molecular weight excluding hydrogens is 414 g/mol. The average molecular weight is 440 g/mol. The van der Waals surface area contributed by atoms with Crippen molar-refractivity contribution in [1.29, 1.82) is 0 Å². The van der Waals surface area contributed by atoms with E-state index in [0.717, 1.165) is 16.7 Å². The van der Waals surface area contributed by atoms with Crippen LogP contribution in [0.2, 0.25) is 0 Å². The van der Waals surface area contributed by atoms with Gasteiger partial charge in [0.2, 0.25) is 0 Å². The summed E-state index contributed by atoms with van der Waals surface area (Å²) in [5.41, 5.74) is 3.93. The normalized spacial score (nSPS) is 10.5. The van der Waals surface area contributed by atoms with Crippen LogP contribution in [0.1, 0.15) is 28.4 Å². The number of carbonyl (C=O) groups excluding carboxylic acids is 2. The zero-order valence-corrected chi connectivity index (χ0v) is 18.8. The molecule has 0 radical (unpaired) electrons. The first-order chi connectivity index (χ1) is 14.9. The third kappa shape index (κ3) is 5.44. The van der Waals surface area contributed by atoms with Crippen LogP contribution in [0.3, 0.4) is 0 Å². The fourth-order valence-corrected chi connectivity index (χ4v) is 4.08. The van der Waals surface area contributed by atoms with E-state index >= 15 is 0 Å². The molecule has 7 heteroatoms. The van der Waals surface area contributed by atoms with Gasteiger partial charge in [0.1, 0.15) is 22.1 Å². The second kappa shape index (κ2) is 10.1. The molecule has 0 unspecified atom stereocenters. The van der Waals surface area contributed by atoms with Crippen LogP contribution in [0.5, 0.6) is 11.5 Å². The Kier molecular flexibility index (Phi) is 7.31. The molecule has 0 bridgehead atoms. The molecule has 1 heterocycles. The van der Waals surface area contributed by atoms with Crippen molar-refractivity contribution in [3.8, 4) is 22.6 Å². The number of ether oxygens (including phenoxy) is 3. The van der Waals surface area contributed by atoms with Gasteiger partial charge >= 0.3 is 5.97 Å². The fourth-order valence-electron chi connectivity index (χ4n) is 3.11. The Bertz CT molecular complexity index is 1070. The van der Waals surface area contributed by atoms with Crippen molar-refractivity contribution in [2.75, 3.05) is 25.6 Å². The number of hydrogen-bond acceptors (Lipinski definition) is 6. The van der Waals surface area contributed by atoms with Crippen molar-refractivity contribution in [3.63, 3.8) is 0 Å². The first kappa shape index (κ1) is 22.4. The number of hydrogen-bond donors (Lipinski definition) is 1. The van der Waals surface area contributed by atoms with Crippen molar-refractivity contribution in [3.05, 3.63) is 64.5 Å². The van der Waals surface area contributed by atoms with E-state index in [2.05, 4.69) is 5.32 Å². The first-order valence-electron chi connectivity index (χ1n) is 9.85. The molecule has 3 aromatic rings. The molecule has 2 aromatic carbocycles. The van der Waals surface area contributed by atoms with Crippen LogP contribution in [0, 0.1) is 13.8 Å². The Morgan fingerprint density at radius 2 is 1.81 bits per heavy atom. The maximum Gasteiger partial charge on any atom is 0.341 e. The van der Waals surface area contributed by atoms with E-state index in [9.17, 15) is 9.59 Å². The van der Waals surface area contributed by atoms with Crippen LogP contribution in [-0.4, -0.2) is 32.2 Å². The van der Waals surface area contributed by atoms with E-state index in [4.69, 9.17) is 14.2 Å². The van der Waals surface area contributed by atoms with E-state index < -0.39 is 5.97 Å². The van der Waals surface area contributed by atoms with Crippen molar-refractivity contribution in [2.45, 2.75) is 20.8 Å². The minimum absolute atomic E-state index is 0.165. The van der Waals surface area contributed by atoms with Gasteiger partial charge < -0.3 is 19.5 Å². The summed E-state index contributed by atoms with van der Waals surface area (Å²) in [6.07, 6.45) is 0. The molecular formula is C24H25NO5S. The summed E-state index contributed by atoms with van der Waals surface area (Å²) in [6.45, 7) is 5.74. The monoisotopic (exact) mass is 439 g/mol. The van der Waals surface area contributed by atoms with Crippen molar-refractivity contribution >= 4 is 28.2 Å². The van der Waals surface area contributed by atoms with Crippen molar-refractivity contribution < 1.29 is 23.8 Å². The predicted molar refractivity (Wildman–Crippen MR) is 122 cm³/mol. The van der Waals surface area contributed by atoms with Gasteiger partial charge in [-0.2, -0.15) is 0 Å². The van der Waals surface area contributed by atoms with Crippen LogP contribution >= 0.6 is 11.3 Å². The SMILES string of the molecule is CCOC(=O)c1c(-c2ccc(OC)cc2)csc1NC(=O)COc1ccc(C)cc1C. The maximum atomic E-state index is 12.7. The molecule has 0 saturated carbocycles. The summed E-state index contributed by atoms with van der Waals surface area (Å²) >= 11 is 1.27. The Labute approximate surface area is 185 Å². The average Bonchev–Trinajstić information content (AvgIpc) is 3.17. The van der Waals surface area contributed by atoms with Gasteiger partial charge in [-0.3, -0.25) is 4.79 Å². The quantitative estimate of drug-likeness (QED) is 0.486. The van der Waals surface area contributed by atoms with Crippen LogP contribution in [0.4, 0.5) is 5.00 Å². The summed E-state index contributed by atoms with van der Waals surface area (Å²) < 4.78 is 16.1. The van der Waals surface area contributed by atoms with Crippen LogP contribution < -0.4 is 14.8 Å². The highest BCUT2D eigenvalue weighted by atomic mass is 32.1. The standard InChI is InChI=1S/C24H25NO5S/c1-5-29-24(27)22-19(17-7-9-18(28-4)10-8-17)14-31-23(22)25-21(26)13-30-20-11-6-15(2)12-16(20)3/h6-12,14H,5,13H2,1-4H3,(H,25,26). The number of amides is 1. The molecule has 0 saturated heterocycles. The van der Waals surface area contributed by atoms with Crippen LogP contribution in [0.25, 0.3) is 11.1 Å². The summed E-state index contributed by atoms with van der Waals surface area (Å²) in [5.74, 6) is 0.527. The van der Waals surface area contributed by atoms with Gasteiger partial charge in [-0.25, -0.2) is 4.79 Å². The zero-order chi connectivity index (χ0) is 22.4. The van der Waals surface area contributed by atoms with Gasteiger partial charge in [0.05, 0.1) is 13.7 Å². The Morgan fingerprint density at radius 3 is 2.45 bits per heavy atom. The number of benzene rings is 2. The Balaban J connectivity index is 1.80. The summed E-state index contributed by atoms with van der Waals surface area (Å²) in [4.78, 5) is 25.2. The van der Waals surface area contributed by atoms with E-state index in [-0.39, 0.29) is 19.1 Å². The zero-order valence-electron chi connectivity index (χ0n) is 18.0. The number of carbonyl (C=O) groups is 2. The lowest BCUT2D eigenvalue weighted by Crippen LogP contribution is -2.21. The molecule has 3 rings (SSSR count). The molecule has 0 aliphatic rings. The Morgan fingerprint density at radius 1 is 1.06 bits per heavy atom. The smallest absolute Gasteiger partial charge is 0.341 e. The molecule has 1 amide bonds. The minimum Gasteiger partial charge on any atom is -0.497 e. The van der Waals surface area contributed by atoms with E-state index in [0.29, 0.717) is 27.6 Å². The third-order valence-corrected chi connectivity index (χ3v) is 5.51. The number of anilines is 1. The Hall–Kier alpha value is -3.32. The molecule has 0 aliphatic carbocycles. The molecule has 162 valence electrons. The van der Waals surface area contributed by atoms with Gasteiger partial charge in [-0.15, -0.1) is 11.3 Å². The summed E-state index contributed by atoms with van der Waals surface area (Å²) in [5, 5.41) is 5.05. The first-order valence-corrected chi connectivity index (χ1v) is 10.7. The highest BCUT2D eigenvalue weighted by molar-refractivity contribution is 7.15. The maximum absolute atomic E-state index is 12.7. The second-order valence-electron chi connectivity index (χ2n) is 6.91. The van der Waals surface area contributed by atoms with E-state index in [1.807, 2.05) is 61.7 Å². The van der Waals surface area contributed by atoms with Gasteiger partial charge in [0.25, 0.3) is 5.91 Å². The van der Waals surface area contributed by atoms with Crippen LogP contribution in [0.15, 0.2) is 47.8 Å². The largest absolute Gasteiger partial charge is 0.497 e. The molecule has 1 N–H and O–H groups in total. The topological polar surface area (TPSA) is 73.9 Å². The number of thiophene rings is 1. The number of nitrogens with one attached hydrogen (secondary N) is 1. The van der Waals surface area contributed by atoms with Crippen molar-refractivity contribution in [2.24, 2.45) is 0 Å². The molecule has 0 spiro atoms. The van der Waals surface area contributed by atoms with Crippen molar-refractivity contribution in [1.82, 2.24) is 0 Å². The molecule has 1 aromatic heterocycles. The minimum atomic E-state index is -0.486. The third-order valence-electron chi connectivity index (χ3n) is 4.61. The van der Waals surface area contributed by atoms with E-state index in [1.165, 1.54) is 11.3 Å². The lowest BCUT2D eigenvalue weighted by Gasteiger charge is -2.11. The molecule has 0 atom stereocenters. The van der Waals surface area contributed by atoms with Gasteiger partial charge in [-0.1, -0.05) is 29.8 Å². The molecule has 0 aliphatic heterocycles. The number of rotatable bonds is 8. The predicted octanol–water partition coefficient (Wildman–Crippen LogP) is 5.23. The lowest BCUT2D eigenvalue weighted by molar-refractivity contribution is -0.118. The fraction of sp³-hybridized carbons (Fsp3) is 0.250. The second-order valence-corrected chi connectivity index (χ2v) is 7.79. The van der Waals surface area contributed by atoms with E-state index in [1.54, 1.807) is 14.0 Å². The number of esters is 1. The molecule has 6 nitrogen and oxygen atoms in total. The number of methoxy groups -OCH3 is 1. The van der Waals surface area contributed by atoms with Gasteiger partial charge in [0.15, 0.2) is 6.61 Å². The summed E-state index contributed by atoms with van der Waals surface area (Å²) in [7, 11) is 1.59. The highest BCUT2D eigenvalue weighted by Gasteiger charge is 2.23. The molecule has 31 heavy (non-hydrogen) atoms. The summed E-state index contributed by atoms with van der Waals surface area (Å²) in [6, 6.07) is 13.1. The number of aryl methyl sites for hydroxylation is 2. The highest BCUT2D eigenvalue weighted by Crippen LogP contribution is 2.37.